The van der Waals surface area contributed by atoms with Crippen molar-refractivity contribution in [3.8, 4) is 0 Å². The molecule has 1 amide bonds. The summed E-state index contributed by atoms with van der Waals surface area (Å²) < 4.78 is 32.2. The minimum absolute atomic E-state index is 0.108. The SMILES string of the molecule is COC(=O)c1ccc(S(=O)(=O)NC2CCN(C(=O)C3CC3)CC2)cc1. The van der Waals surface area contributed by atoms with Crippen LogP contribution in [-0.2, 0) is 19.6 Å². The number of methoxy groups -OCH3 is 1. The predicted octanol–water partition coefficient (Wildman–Crippen LogP) is 1.15. The first-order valence-corrected chi connectivity index (χ1v) is 9.88. The Morgan fingerprint density at radius 1 is 1.08 bits per heavy atom. The van der Waals surface area contributed by atoms with Crippen LogP contribution in [0, 0.1) is 5.92 Å². The van der Waals surface area contributed by atoms with Crippen LogP contribution in [0.25, 0.3) is 0 Å². The van der Waals surface area contributed by atoms with Crippen LogP contribution in [0.1, 0.15) is 36.0 Å². The summed E-state index contributed by atoms with van der Waals surface area (Å²) in [7, 11) is -2.38. The van der Waals surface area contributed by atoms with E-state index >= 15 is 0 Å². The molecule has 7 nitrogen and oxygen atoms in total. The van der Waals surface area contributed by atoms with Crippen LogP contribution in [0.3, 0.4) is 0 Å². The van der Waals surface area contributed by atoms with Gasteiger partial charge in [0.1, 0.15) is 0 Å². The maximum Gasteiger partial charge on any atom is 0.337 e. The average molecular weight is 366 g/mol. The molecule has 8 heteroatoms. The van der Waals surface area contributed by atoms with E-state index in [1.54, 1.807) is 0 Å². The summed E-state index contributed by atoms with van der Waals surface area (Å²) in [5.41, 5.74) is 0.299. The Morgan fingerprint density at radius 2 is 1.68 bits per heavy atom. The van der Waals surface area contributed by atoms with Gasteiger partial charge >= 0.3 is 5.97 Å². The van der Waals surface area contributed by atoms with Gasteiger partial charge in [-0.25, -0.2) is 17.9 Å². The molecule has 1 aliphatic carbocycles. The number of nitrogens with zero attached hydrogens (tertiary/aromatic N) is 1. The molecule has 0 radical (unpaired) electrons. The summed E-state index contributed by atoms with van der Waals surface area (Å²) in [5.74, 6) is -0.106. The van der Waals surface area contributed by atoms with E-state index in [0.29, 0.717) is 31.5 Å². The summed E-state index contributed by atoms with van der Waals surface area (Å²) in [6.45, 7) is 1.17. The Bertz CT molecular complexity index is 748. The summed E-state index contributed by atoms with van der Waals surface area (Å²) in [4.78, 5) is 25.4. The van der Waals surface area contributed by atoms with Gasteiger partial charge in [-0.15, -0.1) is 0 Å². The molecule has 1 aromatic carbocycles. The number of carbonyl (C=O) groups excluding carboxylic acids is 2. The van der Waals surface area contributed by atoms with Crippen LogP contribution in [0.2, 0.25) is 0 Å². The van der Waals surface area contributed by atoms with E-state index < -0.39 is 16.0 Å². The second kappa shape index (κ2) is 7.13. The number of esters is 1. The summed E-state index contributed by atoms with van der Waals surface area (Å²) in [6.07, 6.45) is 3.18. The van der Waals surface area contributed by atoms with Crippen LogP contribution in [-0.4, -0.2) is 51.4 Å². The predicted molar refractivity (Wildman–Crippen MR) is 90.4 cm³/mol. The highest BCUT2D eigenvalue weighted by molar-refractivity contribution is 7.89. The number of amides is 1. The molecule has 0 aromatic heterocycles. The number of rotatable bonds is 5. The van der Waals surface area contributed by atoms with E-state index in [9.17, 15) is 18.0 Å². The van der Waals surface area contributed by atoms with E-state index in [0.717, 1.165) is 12.8 Å². The van der Waals surface area contributed by atoms with Crippen molar-refractivity contribution in [2.75, 3.05) is 20.2 Å². The largest absolute Gasteiger partial charge is 0.465 e. The maximum absolute atomic E-state index is 12.5. The highest BCUT2D eigenvalue weighted by Crippen LogP contribution is 2.32. The maximum atomic E-state index is 12.5. The third-order valence-electron chi connectivity index (χ3n) is 4.64. The molecule has 1 N–H and O–H groups in total. The third kappa shape index (κ3) is 4.19. The van der Waals surface area contributed by atoms with E-state index in [1.807, 2.05) is 4.90 Å². The van der Waals surface area contributed by atoms with Crippen molar-refractivity contribution in [1.82, 2.24) is 9.62 Å². The number of nitrogens with one attached hydrogen (secondary N) is 1. The number of carbonyl (C=O) groups is 2. The van der Waals surface area contributed by atoms with E-state index in [2.05, 4.69) is 9.46 Å². The molecule has 1 saturated heterocycles. The fourth-order valence-corrected chi connectivity index (χ4v) is 4.29. The molecule has 136 valence electrons. The first kappa shape index (κ1) is 17.9. The summed E-state index contributed by atoms with van der Waals surface area (Å²) in [6, 6.07) is 5.45. The number of piperidine rings is 1. The number of hydrogen-bond donors (Lipinski definition) is 1. The van der Waals surface area contributed by atoms with Crippen LogP contribution in [0.15, 0.2) is 29.2 Å². The highest BCUT2D eigenvalue weighted by Gasteiger charge is 2.35. The van der Waals surface area contributed by atoms with Gasteiger partial charge in [0, 0.05) is 25.0 Å². The van der Waals surface area contributed by atoms with Gasteiger partial charge in [0.15, 0.2) is 0 Å². The van der Waals surface area contributed by atoms with Gasteiger partial charge < -0.3 is 9.64 Å². The normalized spacial score (nSPS) is 18.8. The number of benzene rings is 1. The van der Waals surface area contributed by atoms with Gasteiger partial charge in [0.05, 0.1) is 17.6 Å². The van der Waals surface area contributed by atoms with E-state index in [4.69, 9.17) is 0 Å². The minimum atomic E-state index is -3.66. The Morgan fingerprint density at radius 3 is 2.20 bits per heavy atom. The monoisotopic (exact) mass is 366 g/mol. The van der Waals surface area contributed by atoms with E-state index in [-0.39, 0.29) is 22.8 Å². The number of hydrogen-bond acceptors (Lipinski definition) is 5. The highest BCUT2D eigenvalue weighted by atomic mass is 32.2. The molecule has 0 spiro atoms. The molecule has 3 rings (SSSR count). The van der Waals surface area contributed by atoms with Crippen molar-refractivity contribution >= 4 is 21.9 Å². The molecule has 1 aliphatic heterocycles. The Hall–Kier alpha value is -1.93. The molecular weight excluding hydrogens is 344 g/mol. The van der Waals surface area contributed by atoms with Crippen molar-refractivity contribution in [3.05, 3.63) is 29.8 Å². The molecule has 1 aromatic rings. The summed E-state index contributed by atoms with van der Waals surface area (Å²) >= 11 is 0. The van der Waals surface area contributed by atoms with Crippen molar-refractivity contribution in [2.45, 2.75) is 36.6 Å². The van der Waals surface area contributed by atoms with Crippen LogP contribution in [0.4, 0.5) is 0 Å². The molecule has 1 saturated carbocycles. The molecule has 25 heavy (non-hydrogen) atoms. The lowest BCUT2D eigenvalue weighted by Gasteiger charge is -2.32. The second-order valence-electron chi connectivity index (χ2n) is 6.51. The summed E-state index contributed by atoms with van der Waals surface area (Å²) in [5, 5.41) is 0. The standard InChI is InChI=1S/C17H22N2O5S/c1-24-17(21)13-4-6-15(7-5-13)25(22,23)18-14-8-10-19(11-9-14)16(20)12-2-3-12/h4-7,12,14,18H,2-3,8-11H2,1H3. The van der Waals surface area contributed by atoms with Gasteiger partial charge in [0.2, 0.25) is 15.9 Å². The molecule has 2 aliphatic rings. The van der Waals surface area contributed by atoms with E-state index in [1.165, 1.54) is 31.4 Å². The molecule has 0 unspecified atom stereocenters. The zero-order valence-electron chi connectivity index (χ0n) is 14.1. The van der Waals surface area contributed by atoms with Gasteiger partial charge in [-0.05, 0) is 49.9 Å². The fourth-order valence-electron chi connectivity index (χ4n) is 2.98. The average Bonchev–Trinajstić information content (AvgIpc) is 3.46. The molecule has 2 fully saturated rings. The van der Waals surface area contributed by atoms with Gasteiger partial charge in [-0.2, -0.15) is 0 Å². The Kier molecular flexibility index (Phi) is 5.10. The van der Waals surface area contributed by atoms with Crippen LogP contribution < -0.4 is 4.72 Å². The van der Waals surface area contributed by atoms with Crippen LogP contribution in [0.5, 0.6) is 0 Å². The van der Waals surface area contributed by atoms with Crippen molar-refractivity contribution in [2.24, 2.45) is 5.92 Å². The van der Waals surface area contributed by atoms with Gasteiger partial charge in [-0.1, -0.05) is 0 Å². The zero-order valence-corrected chi connectivity index (χ0v) is 14.9. The van der Waals surface area contributed by atoms with Gasteiger partial charge in [0.25, 0.3) is 0 Å². The van der Waals surface area contributed by atoms with Crippen molar-refractivity contribution in [1.29, 1.82) is 0 Å². The van der Waals surface area contributed by atoms with Crippen molar-refractivity contribution < 1.29 is 22.7 Å². The lowest BCUT2D eigenvalue weighted by molar-refractivity contribution is -0.133. The topological polar surface area (TPSA) is 92.8 Å². The molecule has 0 bridgehead atoms. The Balaban J connectivity index is 1.58. The number of likely N-dealkylation sites (tertiary alicyclic amines) is 1. The lowest BCUT2D eigenvalue weighted by atomic mass is 10.1. The fraction of sp³-hybridized carbons (Fsp3) is 0.529. The minimum Gasteiger partial charge on any atom is -0.465 e. The Labute approximate surface area is 147 Å². The van der Waals surface area contributed by atoms with Crippen LogP contribution >= 0.6 is 0 Å². The smallest absolute Gasteiger partial charge is 0.337 e. The third-order valence-corrected chi connectivity index (χ3v) is 6.18. The first-order valence-electron chi connectivity index (χ1n) is 8.40. The lowest BCUT2D eigenvalue weighted by Crippen LogP contribution is -2.46. The quantitative estimate of drug-likeness (QED) is 0.789. The number of ether oxygens (including phenoxy) is 1. The molecular formula is C17H22N2O5S. The number of sulfonamides is 1. The zero-order chi connectivity index (χ0) is 18.0. The molecule has 1 heterocycles. The molecule has 0 atom stereocenters. The second-order valence-corrected chi connectivity index (χ2v) is 8.23. The van der Waals surface area contributed by atoms with Gasteiger partial charge in [-0.3, -0.25) is 4.79 Å². The van der Waals surface area contributed by atoms with Crippen molar-refractivity contribution in [3.63, 3.8) is 0 Å². The first-order chi connectivity index (χ1) is 11.9.